The third-order valence-electron chi connectivity index (χ3n) is 4.21. The van der Waals surface area contributed by atoms with Gasteiger partial charge in [0.2, 0.25) is 6.79 Å². The van der Waals surface area contributed by atoms with Crippen molar-refractivity contribution in [1.82, 2.24) is 4.90 Å². The number of fused-ring (bicyclic) bond motifs is 1. The number of para-hydroxylation sites is 1. The van der Waals surface area contributed by atoms with Crippen LogP contribution in [0.1, 0.15) is 25.3 Å². The SMILES string of the molecule is CC1CCC(C(=O)O)CN1Cc1cccc2c1OCO2. The van der Waals surface area contributed by atoms with Crippen LogP contribution in [0, 0.1) is 5.92 Å². The molecule has 0 aliphatic carbocycles. The lowest BCUT2D eigenvalue weighted by Gasteiger charge is -2.36. The maximum Gasteiger partial charge on any atom is 0.307 e. The number of hydrogen-bond donors (Lipinski definition) is 1. The van der Waals surface area contributed by atoms with Crippen LogP contribution in [-0.2, 0) is 11.3 Å². The molecule has 0 saturated carbocycles. The van der Waals surface area contributed by atoms with Gasteiger partial charge in [-0.3, -0.25) is 9.69 Å². The van der Waals surface area contributed by atoms with Crippen LogP contribution < -0.4 is 9.47 Å². The van der Waals surface area contributed by atoms with E-state index in [9.17, 15) is 9.90 Å². The van der Waals surface area contributed by atoms with Crippen molar-refractivity contribution in [2.45, 2.75) is 32.4 Å². The van der Waals surface area contributed by atoms with Crippen LogP contribution in [0.2, 0.25) is 0 Å². The molecule has 108 valence electrons. The molecule has 2 atom stereocenters. The van der Waals surface area contributed by atoms with Crippen LogP contribution in [0.5, 0.6) is 11.5 Å². The van der Waals surface area contributed by atoms with E-state index in [1.165, 1.54) is 0 Å². The molecular formula is C15H19NO4. The van der Waals surface area contributed by atoms with E-state index in [0.717, 1.165) is 29.9 Å². The fraction of sp³-hybridized carbons (Fsp3) is 0.533. The predicted octanol–water partition coefficient (Wildman–Crippen LogP) is 2.10. The van der Waals surface area contributed by atoms with Gasteiger partial charge in [-0.15, -0.1) is 0 Å². The first-order valence-electron chi connectivity index (χ1n) is 6.99. The maximum absolute atomic E-state index is 11.2. The Morgan fingerprint density at radius 2 is 2.25 bits per heavy atom. The number of benzene rings is 1. The molecule has 1 fully saturated rings. The summed E-state index contributed by atoms with van der Waals surface area (Å²) in [6.07, 6.45) is 1.68. The molecule has 2 unspecified atom stereocenters. The number of carboxylic acid groups (broad SMARTS) is 1. The quantitative estimate of drug-likeness (QED) is 0.917. The van der Waals surface area contributed by atoms with E-state index < -0.39 is 5.97 Å². The first-order valence-corrected chi connectivity index (χ1v) is 6.99. The highest BCUT2D eigenvalue weighted by molar-refractivity contribution is 5.70. The third-order valence-corrected chi connectivity index (χ3v) is 4.21. The first-order chi connectivity index (χ1) is 9.65. The number of likely N-dealkylation sites (tertiary alicyclic amines) is 1. The molecule has 1 aromatic carbocycles. The lowest BCUT2D eigenvalue weighted by Crippen LogP contribution is -2.43. The Morgan fingerprint density at radius 3 is 3.05 bits per heavy atom. The van der Waals surface area contributed by atoms with E-state index in [2.05, 4.69) is 11.8 Å². The Hall–Kier alpha value is -1.75. The summed E-state index contributed by atoms with van der Waals surface area (Å²) in [5.74, 6) is 0.624. The molecule has 0 aromatic heterocycles. The molecule has 0 amide bonds. The molecule has 5 heteroatoms. The van der Waals surface area contributed by atoms with Crippen molar-refractivity contribution >= 4 is 5.97 Å². The van der Waals surface area contributed by atoms with Crippen molar-refractivity contribution < 1.29 is 19.4 Å². The number of hydrogen-bond acceptors (Lipinski definition) is 4. The Labute approximate surface area is 118 Å². The van der Waals surface area contributed by atoms with E-state index in [1.54, 1.807) is 0 Å². The molecule has 20 heavy (non-hydrogen) atoms. The molecule has 0 radical (unpaired) electrons. The molecule has 1 N–H and O–H groups in total. The van der Waals surface area contributed by atoms with Gasteiger partial charge in [0, 0.05) is 24.7 Å². The van der Waals surface area contributed by atoms with E-state index in [0.29, 0.717) is 19.1 Å². The molecule has 2 aliphatic heterocycles. The lowest BCUT2D eigenvalue weighted by molar-refractivity contribution is -0.144. The normalized spacial score (nSPS) is 25.6. The Morgan fingerprint density at radius 1 is 1.40 bits per heavy atom. The van der Waals surface area contributed by atoms with Gasteiger partial charge in [0.1, 0.15) is 0 Å². The van der Waals surface area contributed by atoms with Gasteiger partial charge in [-0.05, 0) is 25.8 Å². The second kappa shape index (κ2) is 5.32. The number of ether oxygens (including phenoxy) is 2. The van der Waals surface area contributed by atoms with Gasteiger partial charge in [-0.2, -0.15) is 0 Å². The fourth-order valence-corrected chi connectivity index (χ4v) is 2.94. The highest BCUT2D eigenvalue weighted by atomic mass is 16.7. The van der Waals surface area contributed by atoms with Crippen molar-refractivity contribution in [1.29, 1.82) is 0 Å². The van der Waals surface area contributed by atoms with Crippen LogP contribution in [0.25, 0.3) is 0 Å². The zero-order valence-electron chi connectivity index (χ0n) is 11.5. The van der Waals surface area contributed by atoms with Gasteiger partial charge in [-0.25, -0.2) is 0 Å². The minimum Gasteiger partial charge on any atom is -0.481 e. The zero-order chi connectivity index (χ0) is 14.1. The number of carboxylic acids is 1. The largest absolute Gasteiger partial charge is 0.481 e. The molecule has 0 bridgehead atoms. The van der Waals surface area contributed by atoms with E-state index in [-0.39, 0.29) is 12.7 Å². The number of carbonyl (C=O) groups is 1. The van der Waals surface area contributed by atoms with Gasteiger partial charge >= 0.3 is 5.97 Å². The Balaban J connectivity index is 1.76. The Bertz CT molecular complexity index is 517. The van der Waals surface area contributed by atoms with Crippen LogP contribution in [-0.4, -0.2) is 35.4 Å². The minimum absolute atomic E-state index is 0.264. The Kier molecular flexibility index (Phi) is 3.53. The number of piperidine rings is 1. The molecule has 3 rings (SSSR count). The van der Waals surface area contributed by atoms with Crippen molar-refractivity contribution in [2.75, 3.05) is 13.3 Å². The van der Waals surface area contributed by atoms with E-state index >= 15 is 0 Å². The molecular weight excluding hydrogens is 258 g/mol. The molecule has 5 nitrogen and oxygen atoms in total. The minimum atomic E-state index is -0.695. The first kappa shape index (κ1) is 13.2. The zero-order valence-corrected chi connectivity index (χ0v) is 11.5. The van der Waals surface area contributed by atoms with Gasteiger partial charge in [0.25, 0.3) is 0 Å². The highest BCUT2D eigenvalue weighted by Gasteiger charge is 2.30. The van der Waals surface area contributed by atoms with Crippen LogP contribution >= 0.6 is 0 Å². The van der Waals surface area contributed by atoms with Crippen molar-refractivity contribution in [3.63, 3.8) is 0 Å². The standard InChI is InChI=1S/C15H19NO4/c1-10-5-6-12(15(17)18)8-16(10)7-11-3-2-4-13-14(11)20-9-19-13/h2-4,10,12H,5-9H2,1H3,(H,17,18). The van der Waals surface area contributed by atoms with Gasteiger partial charge in [-0.1, -0.05) is 12.1 Å². The smallest absolute Gasteiger partial charge is 0.307 e. The average Bonchev–Trinajstić information content (AvgIpc) is 2.90. The second-order valence-electron chi connectivity index (χ2n) is 5.54. The monoisotopic (exact) mass is 277 g/mol. The summed E-state index contributed by atoms with van der Waals surface area (Å²) in [4.78, 5) is 13.4. The van der Waals surface area contributed by atoms with Crippen molar-refractivity contribution in [3.05, 3.63) is 23.8 Å². The summed E-state index contributed by atoms with van der Waals surface area (Å²) >= 11 is 0. The summed E-state index contributed by atoms with van der Waals surface area (Å²) in [5, 5.41) is 9.19. The van der Waals surface area contributed by atoms with Gasteiger partial charge in [0.15, 0.2) is 11.5 Å². The molecule has 1 aromatic rings. The van der Waals surface area contributed by atoms with Gasteiger partial charge < -0.3 is 14.6 Å². The van der Waals surface area contributed by atoms with Crippen molar-refractivity contribution in [3.8, 4) is 11.5 Å². The highest BCUT2D eigenvalue weighted by Crippen LogP contribution is 2.37. The second-order valence-corrected chi connectivity index (χ2v) is 5.54. The van der Waals surface area contributed by atoms with Crippen molar-refractivity contribution in [2.24, 2.45) is 5.92 Å². The summed E-state index contributed by atoms with van der Waals surface area (Å²) in [6, 6.07) is 6.26. The van der Waals surface area contributed by atoms with Crippen LogP contribution in [0.15, 0.2) is 18.2 Å². The summed E-state index contributed by atoms with van der Waals surface area (Å²) in [6.45, 7) is 3.72. The summed E-state index contributed by atoms with van der Waals surface area (Å²) in [5.41, 5.74) is 1.07. The molecule has 1 saturated heterocycles. The summed E-state index contributed by atoms with van der Waals surface area (Å²) < 4.78 is 10.9. The van der Waals surface area contributed by atoms with Gasteiger partial charge in [0.05, 0.1) is 5.92 Å². The van der Waals surface area contributed by atoms with E-state index in [1.807, 2.05) is 18.2 Å². The number of nitrogens with zero attached hydrogens (tertiary/aromatic N) is 1. The third kappa shape index (κ3) is 2.45. The lowest BCUT2D eigenvalue weighted by atomic mass is 9.93. The summed E-state index contributed by atoms with van der Waals surface area (Å²) in [7, 11) is 0. The van der Waals surface area contributed by atoms with Crippen LogP contribution in [0.3, 0.4) is 0 Å². The fourth-order valence-electron chi connectivity index (χ4n) is 2.94. The van der Waals surface area contributed by atoms with E-state index in [4.69, 9.17) is 9.47 Å². The topological polar surface area (TPSA) is 59.0 Å². The maximum atomic E-state index is 11.2. The predicted molar refractivity (Wildman–Crippen MR) is 72.8 cm³/mol. The van der Waals surface area contributed by atoms with Crippen LogP contribution in [0.4, 0.5) is 0 Å². The molecule has 0 spiro atoms. The number of aliphatic carboxylic acids is 1. The molecule has 2 aliphatic rings. The molecule has 2 heterocycles. The average molecular weight is 277 g/mol. The number of rotatable bonds is 3.